The standard InChI is InChI=1S/C18H28N2O.ClH/c1-14-4-7-16(8-5-14)18(2,3)13-20-17(21)9-6-15-10-11-19-12-15;/h4-5,7-8,15,19H,6,9-13H2,1-3H3,(H,20,21);1H. The van der Waals surface area contributed by atoms with E-state index in [1.165, 1.54) is 17.5 Å². The van der Waals surface area contributed by atoms with Gasteiger partial charge in [-0.2, -0.15) is 0 Å². The summed E-state index contributed by atoms with van der Waals surface area (Å²) in [5, 5.41) is 6.45. The van der Waals surface area contributed by atoms with Crippen molar-refractivity contribution in [2.24, 2.45) is 5.92 Å². The van der Waals surface area contributed by atoms with Gasteiger partial charge in [-0.25, -0.2) is 0 Å². The molecule has 0 saturated carbocycles. The fourth-order valence-corrected chi connectivity index (χ4v) is 2.81. The van der Waals surface area contributed by atoms with Crippen LogP contribution >= 0.6 is 12.4 Å². The van der Waals surface area contributed by atoms with E-state index in [4.69, 9.17) is 0 Å². The fraction of sp³-hybridized carbons (Fsp3) is 0.611. The Balaban J connectivity index is 0.00000242. The first kappa shape index (κ1) is 19.0. The first-order chi connectivity index (χ1) is 9.97. The number of aryl methyl sites for hydroxylation is 1. The Morgan fingerprint density at radius 1 is 1.32 bits per heavy atom. The third kappa shape index (κ3) is 5.62. The molecule has 1 aliphatic rings. The Hall–Kier alpha value is -1.06. The summed E-state index contributed by atoms with van der Waals surface area (Å²) in [5.74, 6) is 0.864. The van der Waals surface area contributed by atoms with Gasteiger partial charge in [0.2, 0.25) is 5.91 Å². The number of carbonyl (C=O) groups is 1. The van der Waals surface area contributed by atoms with E-state index in [0.717, 1.165) is 19.5 Å². The summed E-state index contributed by atoms with van der Waals surface area (Å²) < 4.78 is 0. The lowest BCUT2D eigenvalue weighted by molar-refractivity contribution is -0.121. The highest BCUT2D eigenvalue weighted by Crippen LogP contribution is 2.22. The van der Waals surface area contributed by atoms with Crippen LogP contribution in [-0.2, 0) is 10.2 Å². The summed E-state index contributed by atoms with van der Waals surface area (Å²) >= 11 is 0. The van der Waals surface area contributed by atoms with E-state index in [1.807, 2.05) is 0 Å². The molecule has 0 bridgehead atoms. The summed E-state index contributed by atoms with van der Waals surface area (Å²) in [7, 11) is 0. The van der Waals surface area contributed by atoms with Crippen molar-refractivity contribution in [1.29, 1.82) is 0 Å². The van der Waals surface area contributed by atoms with Crippen molar-refractivity contribution in [2.45, 2.75) is 45.4 Å². The number of benzene rings is 1. The topological polar surface area (TPSA) is 41.1 Å². The van der Waals surface area contributed by atoms with Gasteiger partial charge in [0, 0.05) is 18.4 Å². The van der Waals surface area contributed by atoms with Crippen LogP contribution < -0.4 is 10.6 Å². The number of hydrogen-bond donors (Lipinski definition) is 2. The minimum Gasteiger partial charge on any atom is -0.355 e. The van der Waals surface area contributed by atoms with Crippen LogP contribution in [-0.4, -0.2) is 25.5 Å². The fourth-order valence-electron chi connectivity index (χ4n) is 2.81. The molecule has 1 aromatic carbocycles. The summed E-state index contributed by atoms with van der Waals surface area (Å²) in [6.45, 7) is 9.32. The van der Waals surface area contributed by atoms with Gasteiger partial charge >= 0.3 is 0 Å². The second-order valence-electron chi connectivity index (χ2n) is 6.92. The lowest BCUT2D eigenvalue weighted by Gasteiger charge is -2.26. The van der Waals surface area contributed by atoms with Crippen LogP contribution in [0.5, 0.6) is 0 Å². The third-order valence-electron chi connectivity index (χ3n) is 4.50. The Morgan fingerprint density at radius 2 is 2.00 bits per heavy atom. The number of nitrogens with one attached hydrogen (secondary N) is 2. The van der Waals surface area contributed by atoms with Crippen molar-refractivity contribution in [1.82, 2.24) is 10.6 Å². The third-order valence-corrected chi connectivity index (χ3v) is 4.50. The molecule has 0 aliphatic carbocycles. The zero-order valence-electron chi connectivity index (χ0n) is 13.9. The van der Waals surface area contributed by atoms with Gasteiger partial charge in [0.1, 0.15) is 0 Å². The van der Waals surface area contributed by atoms with E-state index in [-0.39, 0.29) is 23.7 Å². The molecule has 0 spiro atoms. The summed E-state index contributed by atoms with van der Waals surface area (Å²) in [6.07, 6.45) is 2.86. The molecule has 0 radical (unpaired) electrons. The molecule has 22 heavy (non-hydrogen) atoms. The summed E-state index contributed by atoms with van der Waals surface area (Å²) in [6, 6.07) is 8.58. The highest BCUT2D eigenvalue weighted by molar-refractivity contribution is 5.85. The second kappa shape index (κ2) is 8.54. The van der Waals surface area contributed by atoms with Gasteiger partial charge in [0.05, 0.1) is 0 Å². The molecular weight excluding hydrogens is 296 g/mol. The maximum absolute atomic E-state index is 12.0. The number of halogens is 1. The molecule has 0 aromatic heterocycles. The van der Waals surface area contributed by atoms with Crippen LogP contribution in [0.2, 0.25) is 0 Å². The SMILES string of the molecule is Cc1ccc(C(C)(C)CNC(=O)CCC2CCNC2)cc1.Cl. The second-order valence-corrected chi connectivity index (χ2v) is 6.92. The van der Waals surface area contributed by atoms with Crippen molar-refractivity contribution in [3.8, 4) is 0 Å². The lowest BCUT2D eigenvalue weighted by atomic mass is 9.84. The molecule has 1 fully saturated rings. The largest absolute Gasteiger partial charge is 0.355 e. The monoisotopic (exact) mass is 324 g/mol. The van der Waals surface area contributed by atoms with Crippen LogP contribution in [0.4, 0.5) is 0 Å². The van der Waals surface area contributed by atoms with Gasteiger partial charge in [-0.1, -0.05) is 43.7 Å². The number of rotatable bonds is 6. The molecule has 4 heteroatoms. The van der Waals surface area contributed by atoms with Gasteiger partial charge in [0.25, 0.3) is 0 Å². The minimum atomic E-state index is -0.0295. The smallest absolute Gasteiger partial charge is 0.220 e. The Labute approximate surface area is 140 Å². The molecule has 124 valence electrons. The normalized spacial score (nSPS) is 17.9. The average Bonchev–Trinajstić information content (AvgIpc) is 2.97. The number of amides is 1. The van der Waals surface area contributed by atoms with E-state index in [0.29, 0.717) is 18.9 Å². The lowest BCUT2D eigenvalue weighted by Crippen LogP contribution is -2.36. The van der Waals surface area contributed by atoms with Gasteiger partial charge in [-0.3, -0.25) is 4.79 Å². The Morgan fingerprint density at radius 3 is 2.59 bits per heavy atom. The van der Waals surface area contributed by atoms with E-state index in [9.17, 15) is 4.79 Å². The zero-order valence-corrected chi connectivity index (χ0v) is 14.8. The van der Waals surface area contributed by atoms with E-state index < -0.39 is 0 Å². The Kier molecular flexibility index (Phi) is 7.37. The number of hydrogen-bond acceptors (Lipinski definition) is 2. The predicted molar refractivity (Wildman–Crippen MR) is 94.7 cm³/mol. The molecular formula is C18H29ClN2O. The van der Waals surface area contributed by atoms with Crippen molar-refractivity contribution in [2.75, 3.05) is 19.6 Å². The van der Waals surface area contributed by atoms with Crippen molar-refractivity contribution in [3.63, 3.8) is 0 Å². The van der Waals surface area contributed by atoms with Gasteiger partial charge < -0.3 is 10.6 Å². The molecule has 1 saturated heterocycles. The van der Waals surface area contributed by atoms with Crippen LogP contribution in [0.25, 0.3) is 0 Å². The quantitative estimate of drug-likeness (QED) is 0.843. The van der Waals surface area contributed by atoms with E-state index in [1.54, 1.807) is 0 Å². The highest BCUT2D eigenvalue weighted by Gasteiger charge is 2.22. The van der Waals surface area contributed by atoms with Crippen LogP contribution in [0.1, 0.15) is 44.2 Å². The van der Waals surface area contributed by atoms with Gasteiger partial charge in [-0.15, -0.1) is 12.4 Å². The molecule has 1 heterocycles. The minimum absolute atomic E-state index is 0. The van der Waals surface area contributed by atoms with Crippen LogP contribution in [0.15, 0.2) is 24.3 Å². The number of carbonyl (C=O) groups excluding carboxylic acids is 1. The molecule has 2 N–H and O–H groups in total. The van der Waals surface area contributed by atoms with Gasteiger partial charge in [0.15, 0.2) is 0 Å². The average molecular weight is 325 g/mol. The predicted octanol–water partition coefficient (Wildman–Crippen LogP) is 3.20. The van der Waals surface area contributed by atoms with Crippen LogP contribution in [0.3, 0.4) is 0 Å². The molecule has 1 aromatic rings. The maximum atomic E-state index is 12.0. The molecule has 3 nitrogen and oxygen atoms in total. The molecule has 1 aliphatic heterocycles. The Bertz CT molecular complexity index is 464. The zero-order chi connectivity index (χ0) is 15.3. The molecule has 1 unspecified atom stereocenters. The first-order valence-corrected chi connectivity index (χ1v) is 8.02. The van der Waals surface area contributed by atoms with E-state index >= 15 is 0 Å². The summed E-state index contributed by atoms with van der Waals surface area (Å²) in [5.41, 5.74) is 2.51. The van der Waals surface area contributed by atoms with Gasteiger partial charge in [-0.05, 0) is 44.3 Å². The molecule has 1 atom stereocenters. The van der Waals surface area contributed by atoms with Crippen molar-refractivity contribution >= 4 is 18.3 Å². The molecule has 1 amide bonds. The van der Waals surface area contributed by atoms with Crippen molar-refractivity contribution < 1.29 is 4.79 Å². The van der Waals surface area contributed by atoms with Crippen molar-refractivity contribution in [3.05, 3.63) is 35.4 Å². The maximum Gasteiger partial charge on any atom is 0.220 e. The van der Waals surface area contributed by atoms with E-state index in [2.05, 4.69) is 55.7 Å². The molecule has 2 rings (SSSR count). The van der Waals surface area contributed by atoms with Crippen LogP contribution in [0, 0.1) is 12.8 Å². The summed E-state index contributed by atoms with van der Waals surface area (Å²) in [4.78, 5) is 12.0. The highest BCUT2D eigenvalue weighted by atomic mass is 35.5. The first-order valence-electron chi connectivity index (χ1n) is 8.02.